The third kappa shape index (κ3) is 4.83. The van der Waals surface area contributed by atoms with Crippen molar-refractivity contribution in [2.45, 2.75) is 26.3 Å². The number of para-hydroxylation sites is 1. The van der Waals surface area contributed by atoms with Crippen LogP contribution in [0.25, 0.3) is 0 Å². The number of anilines is 1. The van der Waals surface area contributed by atoms with Gasteiger partial charge in [-0.1, -0.05) is 19.9 Å². The number of benzene rings is 1. The largest absolute Gasteiger partial charge is 0.323 e. The first kappa shape index (κ1) is 14.1. The molecule has 0 aliphatic rings. The third-order valence-electron chi connectivity index (χ3n) is 2.13. The second-order valence-corrected chi connectivity index (χ2v) is 4.86. The first-order valence-electron chi connectivity index (χ1n) is 5.48. The van der Waals surface area contributed by atoms with E-state index in [2.05, 4.69) is 26.6 Å². The van der Waals surface area contributed by atoms with Crippen LogP contribution >= 0.6 is 15.9 Å². The van der Waals surface area contributed by atoms with Crippen LogP contribution in [0.4, 0.5) is 10.1 Å². The van der Waals surface area contributed by atoms with Crippen molar-refractivity contribution in [3.8, 4) is 0 Å². The summed E-state index contributed by atoms with van der Waals surface area (Å²) in [5.74, 6) is -0.645. The molecule has 3 nitrogen and oxygen atoms in total. The quantitative estimate of drug-likeness (QED) is 0.878. The Morgan fingerprint density at radius 2 is 2.18 bits per heavy atom. The summed E-state index contributed by atoms with van der Waals surface area (Å²) in [5, 5.41) is 5.68. The van der Waals surface area contributed by atoms with Crippen LogP contribution in [0, 0.1) is 5.82 Å². The summed E-state index contributed by atoms with van der Waals surface area (Å²) in [6, 6.07) is 4.91. The van der Waals surface area contributed by atoms with Crippen molar-refractivity contribution in [1.29, 1.82) is 0 Å². The van der Waals surface area contributed by atoms with Crippen molar-refractivity contribution in [3.05, 3.63) is 28.5 Å². The molecule has 0 atom stereocenters. The van der Waals surface area contributed by atoms with Gasteiger partial charge in [0.15, 0.2) is 0 Å². The van der Waals surface area contributed by atoms with Crippen molar-refractivity contribution < 1.29 is 9.18 Å². The molecule has 0 bridgehead atoms. The SMILES string of the molecule is CC(C)NCCC(=O)Nc1c(F)cccc1Br. The summed E-state index contributed by atoms with van der Waals surface area (Å²) >= 11 is 3.20. The molecule has 94 valence electrons. The smallest absolute Gasteiger partial charge is 0.225 e. The van der Waals surface area contributed by atoms with Gasteiger partial charge in [0.25, 0.3) is 0 Å². The Morgan fingerprint density at radius 3 is 2.76 bits per heavy atom. The maximum Gasteiger partial charge on any atom is 0.225 e. The van der Waals surface area contributed by atoms with Crippen molar-refractivity contribution in [1.82, 2.24) is 5.32 Å². The number of hydrogen-bond acceptors (Lipinski definition) is 2. The molecular weight excluding hydrogens is 287 g/mol. The summed E-state index contributed by atoms with van der Waals surface area (Å²) in [7, 11) is 0. The molecule has 0 heterocycles. The van der Waals surface area contributed by atoms with Gasteiger partial charge in [0.2, 0.25) is 5.91 Å². The van der Waals surface area contributed by atoms with Crippen molar-refractivity contribution in [3.63, 3.8) is 0 Å². The fourth-order valence-electron chi connectivity index (χ4n) is 1.29. The Bertz CT molecular complexity index is 376. The van der Waals surface area contributed by atoms with Gasteiger partial charge < -0.3 is 10.6 Å². The van der Waals surface area contributed by atoms with Gasteiger partial charge in [-0.05, 0) is 28.1 Å². The first-order chi connectivity index (χ1) is 8.00. The zero-order chi connectivity index (χ0) is 12.8. The van der Waals surface area contributed by atoms with E-state index in [9.17, 15) is 9.18 Å². The van der Waals surface area contributed by atoms with Gasteiger partial charge in [-0.2, -0.15) is 0 Å². The lowest BCUT2D eigenvalue weighted by atomic mass is 10.3. The van der Waals surface area contributed by atoms with Gasteiger partial charge in [-0.15, -0.1) is 0 Å². The van der Waals surface area contributed by atoms with Crippen LogP contribution in [0.2, 0.25) is 0 Å². The third-order valence-corrected chi connectivity index (χ3v) is 2.79. The average molecular weight is 303 g/mol. The molecule has 0 unspecified atom stereocenters. The van der Waals surface area contributed by atoms with Gasteiger partial charge >= 0.3 is 0 Å². The highest BCUT2D eigenvalue weighted by molar-refractivity contribution is 9.10. The Kier molecular flexibility index (Phi) is 5.58. The second-order valence-electron chi connectivity index (χ2n) is 4.00. The number of rotatable bonds is 5. The molecule has 1 aromatic carbocycles. The molecule has 0 spiro atoms. The Labute approximate surface area is 109 Å². The fourth-order valence-corrected chi connectivity index (χ4v) is 1.73. The molecule has 0 saturated heterocycles. The number of amides is 1. The molecule has 0 aliphatic carbocycles. The zero-order valence-corrected chi connectivity index (χ0v) is 11.5. The van der Waals surface area contributed by atoms with Gasteiger partial charge in [0.1, 0.15) is 5.82 Å². The molecule has 0 radical (unpaired) electrons. The first-order valence-corrected chi connectivity index (χ1v) is 6.27. The maximum absolute atomic E-state index is 13.4. The van der Waals surface area contributed by atoms with E-state index in [4.69, 9.17) is 0 Å². The number of nitrogens with one attached hydrogen (secondary N) is 2. The topological polar surface area (TPSA) is 41.1 Å². The predicted molar refractivity (Wildman–Crippen MR) is 70.5 cm³/mol. The molecule has 0 fully saturated rings. The molecule has 0 aliphatic heterocycles. The van der Waals surface area contributed by atoms with E-state index in [1.807, 2.05) is 13.8 Å². The van der Waals surface area contributed by atoms with Crippen LogP contribution in [-0.4, -0.2) is 18.5 Å². The van der Waals surface area contributed by atoms with Crippen LogP contribution in [0.5, 0.6) is 0 Å². The number of carbonyl (C=O) groups excluding carboxylic acids is 1. The molecular formula is C12H16BrFN2O. The highest BCUT2D eigenvalue weighted by Gasteiger charge is 2.09. The van der Waals surface area contributed by atoms with E-state index in [-0.39, 0.29) is 11.6 Å². The Morgan fingerprint density at radius 1 is 1.47 bits per heavy atom. The summed E-state index contributed by atoms with van der Waals surface area (Å²) in [6.45, 7) is 4.59. The lowest BCUT2D eigenvalue weighted by Crippen LogP contribution is -2.27. The van der Waals surface area contributed by atoms with Crippen molar-refractivity contribution >= 4 is 27.5 Å². The molecule has 0 aromatic heterocycles. The molecule has 17 heavy (non-hydrogen) atoms. The fraction of sp³-hybridized carbons (Fsp3) is 0.417. The van der Waals surface area contributed by atoms with Gasteiger partial charge in [0.05, 0.1) is 5.69 Å². The number of halogens is 2. The van der Waals surface area contributed by atoms with Gasteiger partial charge in [0, 0.05) is 23.5 Å². The van der Waals surface area contributed by atoms with Crippen molar-refractivity contribution in [2.24, 2.45) is 0 Å². The minimum absolute atomic E-state index is 0.196. The van der Waals surface area contributed by atoms with Gasteiger partial charge in [-0.25, -0.2) is 4.39 Å². The summed E-state index contributed by atoms with van der Waals surface area (Å²) < 4.78 is 13.9. The van der Waals surface area contributed by atoms with E-state index in [0.717, 1.165) is 0 Å². The minimum atomic E-state index is -0.440. The standard InChI is InChI=1S/C12H16BrFN2O/c1-8(2)15-7-6-11(17)16-12-9(13)4-3-5-10(12)14/h3-5,8,15H,6-7H2,1-2H3,(H,16,17). The van der Waals surface area contributed by atoms with Crippen molar-refractivity contribution in [2.75, 3.05) is 11.9 Å². The lowest BCUT2D eigenvalue weighted by Gasteiger charge is -2.10. The monoisotopic (exact) mass is 302 g/mol. The number of carbonyl (C=O) groups is 1. The number of hydrogen-bond donors (Lipinski definition) is 2. The Hall–Kier alpha value is -0.940. The summed E-state index contributed by atoms with van der Waals surface area (Å²) in [6.07, 6.45) is 0.318. The van der Waals surface area contributed by atoms with Crippen LogP contribution in [0.3, 0.4) is 0 Å². The van der Waals surface area contributed by atoms with E-state index in [0.29, 0.717) is 23.5 Å². The molecule has 1 aromatic rings. The molecule has 5 heteroatoms. The Balaban J connectivity index is 2.51. The van der Waals surface area contributed by atoms with E-state index in [1.54, 1.807) is 12.1 Å². The van der Waals surface area contributed by atoms with E-state index in [1.165, 1.54) is 6.07 Å². The molecule has 0 saturated carbocycles. The van der Waals surface area contributed by atoms with Crippen LogP contribution in [-0.2, 0) is 4.79 Å². The highest BCUT2D eigenvalue weighted by atomic mass is 79.9. The predicted octanol–water partition coefficient (Wildman–Crippen LogP) is 2.91. The molecule has 2 N–H and O–H groups in total. The van der Waals surface area contributed by atoms with Crippen LogP contribution in [0.15, 0.2) is 22.7 Å². The van der Waals surface area contributed by atoms with Crippen LogP contribution < -0.4 is 10.6 Å². The lowest BCUT2D eigenvalue weighted by molar-refractivity contribution is -0.116. The normalized spacial score (nSPS) is 10.6. The second kappa shape index (κ2) is 6.71. The van der Waals surface area contributed by atoms with E-state index < -0.39 is 5.82 Å². The molecule has 1 rings (SSSR count). The van der Waals surface area contributed by atoms with Crippen LogP contribution in [0.1, 0.15) is 20.3 Å². The minimum Gasteiger partial charge on any atom is -0.323 e. The summed E-state index contributed by atoms with van der Waals surface area (Å²) in [4.78, 5) is 11.6. The van der Waals surface area contributed by atoms with Gasteiger partial charge in [-0.3, -0.25) is 4.79 Å². The maximum atomic E-state index is 13.4. The van der Waals surface area contributed by atoms with E-state index >= 15 is 0 Å². The highest BCUT2D eigenvalue weighted by Crippen LogP contribution is 2.25. The molecule has 1 amide bonds. The summed E-state index contributed by atoms with van der Waals surface area (Å²) in [5.41, 5.74) is 0.196. The average Bonchev–Trinajstić information content (AvgIpc) is 2.23. The zero-order valence-electron chi connectivity index (χ0n) is 9.89.